The number of aromatic nitrogens is 2. The summed E-state index contributed by atoms with van der Waals surface area (Å²) < 4.78 is 5.00. The number of rotatable bonds is 4. The molecule has 0 saturated carbocycles. The lowest BCUT2D eigenvalue weighted by Gasteiger charge is -2.31. The number of benzene rings is 2. The molecule has 4 rings (SSSR count). The Morgan fingerprint density at radius 3 is 2.39 bits per heavy atom. The topological polar surface area (TPSA) is 88.3 Å². The van der Waals surface area contributed by atoms with Crippen molar-refractivity contribution in [2.75, 3.05) is 18.4 Å². The predicted octanol–water partition coefficient (Wildman–Crippen LogP) is 4.15. The molecule has 0 bridgehead atoms. The zero-order valence-corrected chi connectivity index (χ0v) is 18.0. The third-order valence-electron chi connectivity index (χ3n) is 5.72. The Bertz CT molecular complexity index is 1100. The zero-order chi connectivity index (χ0) is 22.0. The second kappa shape index (κ2) is 8.71. The third kappa shape index (κ3) is 4.66. The van der Waals surface area contributed by atoms with Crippen LogP contribution >= 0.6 is 0 Å². The maximum Gasteiger partial charge on any atom is 0.253 e. The van der Waals surface area contributed by atoms with Gasteiger partial charge < -0.3 is 14.7 Å². The summed E-state index contributed by atoms with van der Waals surface area (Å²) in [6.45, 7) is 6.86. The third-order valence-corrected chi connectivity index (χ3v) is 5.72. The van der Waals surface area contributed by atoms with E-state index in [1.54, 1.807) is 19.1 Å². The van der Waals surface area contributed by atoms with Crippen LogP contribution in [-0.4, -0.2) is 39.9 Å². The minimum absolute atomic E-state index is 0.0239. The van der Waals surface area contributed by atoms with E-state index in [2.05, 4.69) is 15.5 Å². The van der Waals surface area contributed by atoms with E-state index >= 15 is 0 Å². The second-order valence-corrected chi connectivity index (χ2v) is 8.09. The lowest BCUT2D eigenvalue weighted by atomic mass is 9.95. The maximum atomic E-state index is 12.9. The van der Waals surface area contributed by atoms with Gasteiger partial charge in [-0.3, -0.25) is 9.59 Å². The van der Waals surface area contributed by atoms with Crippen LogP contribution in [0.5, 0.6) is 0 Å². The van der Waals surface area contributed by atoms with E-state index in [4.69, 9.17) is 4.52 Å². The molecule has 1 aliphatic rings. The summed E-state index contributed by atoms with van der Waals surface area (Å²) in [4.78, 5) is 31.6. The van der Waals surface area contributed by atoms with Gasteiger partial charge in [0.25, 0.3) is 5.91 Å². The summed E-state index contributed by atoms with van der Waals surface area (Å²) in [5.74, 6) is 0.921. The van der Waals surface area contributed by atoms with Gasteiger partial charge in [0.2, 0.25) is 17.6 Å². The first-order chi connectivity index (χ1) is 14.9. The van der Waals surface area contributed by atoms with Crippen molar-refractivity contribution in [2.45, 2.75) is 33.6 Å². The van der Waals surface area contributed by atoms with Gasteiger partial charge in [0.15, 0.2) is 0 Å². The van der Waals surface area contributed by atoms with Gasteiger partial charge in [0.05, 0.1) is 0 Å². The van der Waals surface area contributed by atoms with Crippen LogP contribution in [0.25, 0.3) is 11.4 Å². The molecular weight excluding hydrogens is 392 g/mol. The molecule has 2 aromatic carbocycles. The van der Waals surface area contributed by atoms with Gasteiger partial charge in [0.1, 0.15) is 0 Å². The van der Waals surface area contributed by atoms with Gasteiger partial charge in [0, 0.05) is 42.7 Å². The van der Waals surface area contributed by atoms with Crippen molar-refractivity contribution in [1.82, 2.24) is 15.0 Å². The molecule has 160 valence electrons. The fourth-order valence-corrected chi connectivity index (χ4v) is 3.81. The molecule has 2 heterocycles. The van der Waals surface area contributed by atoms with Gasteiger partial charge in [-0.25, -0.2) is 0 Å². The largest absolute Gasteiger partial charge is 0.339 e. The highest BCUT2D eigenvalue weighted by atomic mass is 16.5. The molecule has 7 nitrogen and oxygen atoms in total. The number of likely N-dealkylation sites (tertiary alicyclic amines) is 1. The number of nitrogens with one attached hydrogen (secondary N) is 1. The van der Waals surface area contributed by atoms with Crippen LogP contribution in [0, 0.1) is 26.7 Å². The molecule has 0 spiro atoms. The van der Waals surface area contributed by atoms with E-state index in [1.807, 2.05) is 49.1 Å². The first-order valence-electron chi connectivity index (χ1n) is 10.5. The van der Waals surface area contributed by atoms with Crippen LogP contribution < -0.4 is 5.32 Å². The molecule has 0 atom stereocenters. The van der Waals surface area contributed by atoms with Crippen molar-refractivity contribution in [3.8, 4) is 11.4 Å². The Hall–Kier alpha value is -3.48. The van der Waals surface area contributed by atoms with Gasteiger partial charge in [-0.2, -0.15) is 4.98 Å². The summed E-state index contributed by atoms with van der Waals surface area (Å²) in [5, 5.41) is 6.95. The van der Waals surface area contributed by atoms with Crippen molar-refractivity contribution in [3.63, 3.8) is 0 Å². The van der Waals surface area contributed by atoms with Crippen LogP contribution in [0.2, 0.25) is 0 Å². The van der Waals surface area contributed by atoms with Crippen molar-refractivity contribution >= 4 is 17.5 Å². The van der Waals surface area contributed by atoms with E-state index in [9.17, 15) is 9.59 Å². The van der Waals surface area contributed by atoms with Crippen molar-refractivity contribution in [2.24, 2.45) is 5.92 Å². The van der Waals surface area contributed by atoms with Crippen LogP contribution in [0.1, 0.15) is 40.2 Å². The van der Waals surface area contributed by atoms with Gasteiger partial charge >= 0.3 is 0 Å². The number of hydrogen-bond acceptors (Lipinski definition) is 5. The minimum Gasteiger partial charge on any atom is -0.339 e. The normalized spacial score (nSPS) is 14.5. The standard InChI is InChI=1S/C24H26N4O3/c1-15-4-5-16(2)21(14-15)26-23(29)19-10-12-28(13-11-19)24(30)20-8-6-18(7-9-20)22-25-17(3)31-27-22/h4-9,14,19H,10-13H2,1-3H3,(H,26,29). The van der Waals surface area contributed by atoms with E-state index in [1.165, 1.54) is 0 Å². The van der Waals surface area contributed by atoms with Crippen molar-refractivity contribution in [3.05, 3.63) is 65.0 Å². The monoisotopic (exact) mass is 418 g/mol. The number of hydrogen-bond donors (Lipinski definition) is 1. The molecule has 1 aromatic heterocycles. The van der Waals surface area contributed by atoms with Gasteiger partial charge in [-0.15, -0.1) is 0 Å². The van der Waals surface area contributed by atoms with Crippen LogP contribution in [0.3, 0.4) is 0 Å². The maximum absolute atomic E-state index is 12.9. The molecule has 2 amide bonds. The Balaban J connectivity index is 1.34. The quantitative estimate of drug-likeness (QED) is 0.688. The molecule has 1 fully saturated rings. The zero-order valence-electron chi connectivity index (χ0n) is 18.0. The predicted molar refractivity (Wildman–Crippen MR) is 118 cm³/mol. The first kappa shape index (κ1) is 20.8. The van der Waals surface area contributed by atoms with Crippen LogP contribution in [-0.2, 0) is 4.79 Å². The Morgan fingerprint density at radius 2 is 1.74 bits per heavy atom. The first-order valence-corrected chi connectivity index (χ1v) is 10.5. The van der Waals surface area contributed by atoms with Crippen molar-refractivity contribution < 1.29 is 14.1 Å². The number of carbonyl (C=O) groups excluding carboxylic acids is 2. The molecule has 3 aromatic rings. The van der Waals surface area contributed by atoms with Crippen LogP contribution in [0.15, 0.2) is 47.0 Å². The lowest BCUT2D eigenvalue weighted by Crippen LogP contribution is -2.41. The highest BCUT2D eigenvalue weighted by molar-refractivity contribution is 5.96. The summed E-state index contributed by atoms with van der Waals surface area (Å²) in [7, 11) is 0. The van der Waals surface area contributed by atoms with E-state index in [0.717, 1.165) is 22.4 Å². The van der Waals surface area contributed by atoms with E-state index in [0.29, 0.717) is 43.2 Å². The van der Waals surface area contributed by atoms with Gasteiger partial charge in [-0.05, 0) is 56.0 Å². The molecular formula is C24H26N4O3. The number of aryl methyl sites for hydroxylation is 3. The number of piperidine rings is 1. The summed E-state index contributed by atoms with van der Waals surface area (Å²) in [5.41, 5.74) is 4.44. The number of carbonyl (C=O) groups is 2. The second-order valence-electron chi connectivity index (χ2n) is 8.09. The Morgan fingerprint density at radius 1 is 1.03 bits per heavy atom. The minimum atomic E-state index is -0.0900. The smallest absolute Gasteiger partial charge is 0.253 e. The number of nitrogens with zero attached hydrogens (tertiary/aromatic N) is 3. The number of anilines is 1. The molecule has 1 N–H and O–H groups in total. The van der Waals surface area contributed by atoms with E-state index < -0.39 is 0 Å². The number of amides is 2. The van der Waals surface area contributed by atoms with Crippen LogP contribution in [0.4, 0.5) is 5.69 Å². The summed E-state index contributed by atoms with van der Waals surface area (Å²) in [6.07, 6.45) is 1.31. The van der Waals surface area contributed by atoms with E-state index in [-0.39, 0.29) is 17.7 Å². The summed E-state index contributed by atoms with van der Waals surface area (Å²) >= 11 is 0. The average molecular weight is 418 g/mol. The Labute approximate surface area is 181 Å². The SMILES string of the molecule is Cc1ccc(C)c(NC(=O)C2CCN(C(=O)c3ccc(-c4noc(C)n4)cc3)CC2)c1. The molecule has 31 heavy (non-hydrogen) atoms. The molecule has 0 radical (unpaired) electrons. The van der Waals surface area contributed by atoms with Crippen molar-refractivity contribution in [1.29, 1.82) is 0 Å². The summed E-state index contributed by atoms with van der Waals surface area (Å²) in [6, 6.07) is 13.2. The fourth-order valence-electron chi connectivity index (χ4n) is 3.81. The highest BCUT2D eigenvalue weighted by Crippen LogP contribution is 2.24. The molecule has 0 unspecified atom stereocenters. The molecule has 1 aliphatic heterocycles. The molecule has 1 saturated heterocycles. The Kier molecular flexibility index (Phi) is 5.84. The van der Waals surface area contributed by atoms with Gasteiger partial charge in [-0.1, -0.05) is 29.4 Å². The average Bonchev–Trinajstić information content (AvgIpc) is 3.22. The molecule has 7 heteroatoms. The highest BCUT2D eigenvalue weighted by Gasteiger charge is 2.28. The fraction of sp³-hybridized carbons (Fsp3) is 0.333. The molecule has 0 aliphatic carbocycles. The lowest BCUT2D eigenvalue weighted by molar-refractivity contribution is -0.121.